The van der Waals surface area contributed by atoms with Gasteiger partial charge in [-0.05, 0) is 22.9 Å². The highest BCUT2D eigenvalue weighted by atomic mass is 35.5. The molecule has 0 unspecified atom stereocenters. The van der Waals surface area contributed by atoms with E-state index >= 15 is 0 Å². The molecule has 2 N–H and O–H groups in total. The van der Waals surface area contributed by atoms with Gasteiger partial charge in [-0.2, -0.15) is 0 Å². The molecule has 0 aliphatic rings. The van der Waals surface area contributed by atoms with Crippen molar-refractivity contribution in [2.75, 3.05) is 0 Å². The van der Waals surface area contributed by atoms with E-state index < -0.39 is 5.91 Å². The van der Waals surface area contributed by atoms with Crippen molar-refractivity contribution in [2.24, 2.45) is 5.73 Å². The molecular weight excluding hydrogens is 272 g/mol. The molecule has 0 atom stereocenters. The van der Waals surface area contributed by atoms with E-state index in [9.17, 15) is 4.79 Å². The maximum absolute atomic E-state index is 10.4. The highest BCUT2D eigenvalue weighted by Gasteiger charge is 1.96. The summed E-state index contributed by atoms with van der Waals surface area (Å²) < 4.78 is 0. The fraction of sp³-hybridized carbons (Fsp3) is 0. The lowest BCUT2D eigenvalue weighted by molar-refractivity contribution is 0.0995. The van der Waals surface area contributed by atoms with E-state index in [0.29, 0.717) is 5.69 Å². The van der Waals surface area contributed by atoms with Crippen molar-refractivity contribution in [3.05, 3.63) is 78.6 Å². The van der Waals surface area contributed by atoms with Crippen molar-refractivity contribution in [2.45, 2.75) is 0 Å². The Morgan fingerprint density at radius 1 is 0.800 bits per heavy atom. The minimum atomic E-state index is -0.490. The van der Waals surface area contributed by atoms with Gasteiger partial charge < -0.3 is 5.73 Å². The Morgan fingerprint density at radius 2 is 1.25 bits per heavy atom. The Balaban J connectivity index is 0.000000192. The third-order valence-corrected chi connectivity index (χ3v) is 2.58. The van der Waals surface area contributed by atoms with Gasteiger partial charge in [0.2, 0.25) is 0 Å². The molecule has 0 aliphatic carbocycles. The molecule has 3 nitrogen and oxygen atoms in total. The van der Waals surface area contributed by atoms with Gasteiger partial charge in [-0.3, -0.25) is 9.78 Å². The summed E-state index contributed by atoms with van der Waals surface area (Å²) in [5, 5.41) is 2.62. The summed E-state index contributed by atoms with van der Waals surface area (Å²) in [6.07, 6.45) is 1.53. The minimum absolute atomic E-state index is 0. The molecule has 102 valence electrons. The number of rotatable bonds is 1. The number of hydrogen-bond acceptors (Lipinski definition) is 2. The zero-order chi connectivity index (χ0) is 13.5. The van der Waals surface area contributed by atoms with Crippen LogP contribution in [-0.2, 0) is 0 Å². The molecule has 1 amide bonds. The first-order valence-electron chi connectivity index (χ1n) is 5.92. The Bertz CT molecular complexity index is 606. The first kappa shape index (κ1) is 15.7. The maximum atomic E-state index is 10.4. The molecule has 20 heavy (non-hydrogen) atoms. The number of halogens is 1. The lowest BCUT2D eigenvalue weighted by Gasteiger charge is -1.92. The van der Waals surface area contributed by atoms with E-state index in [0.717, 1.165) is 0 Å². The van der Waals surface area contributed by atoms with Gasteiger partial charge in [0.1, 0.15) is 5.69 Å². The van der Waals surface area contributed by atoms with Crippen molar-refractivity contribution < 1.29 is 4.79 Å². The number of carbonyl (C=O) groups is 1. The van der Waals surface area contributed by atoms with Gasteiger partial charge >= 0.3 is 0 Å². The standard InChI is InChI=1S/C10H8.C6H6N2O.ClH/c1-2-6-10-8-4-3-7-9(10)5-1;7-6(9)5-3-1-2-4-8-5;/h1-8H;1-4H,(H2,7,9);1H. The van der Waals surface area contributed by atoms with E-state index in [-0.39, 0.29) is 12.4 Å². The SMILES string of the molecule is Cl.NC(=O)c1ccccn1.c1ccc2ccccc2c1. The average molecular weight is 287 g/mol. The minimum Gasteiger partial charge on any atom is -0.364 e. The Labute approximate surface area is 123 Å². The molecular formula is C16H15ClN2O. The van der Waals surface area contributed by atoms with E-state index in [4.69, 9.17) is 5.73 Å². The number of hydrogen-bond donors (Lipinski definition) is 1. The third kappa shape index (κ3) is 4.37. The number of benzene rings is 2. The highest BCUT2D eigenvalue weighted by Crippen LogP contribution is 2.11. The highest BCUT2D eigenvalue weighted by molar-refractivity contribution is 5.90. The molecule has 4 heteroatoms. The largest absolute Gasteiger partial charge is 0.364 e. The van der Waals surface area contributed by atoms with Gasteiger partial charge in [0, 0.05) is 6.20 Å². The normalized spacial score (nSPS) is 9.00. The Hall–Kier alpha value is -2.39. The summed E-state index contributed by atoms with van der Waals surface area (Å²) in [7, 11) is 0. The molecule has 3 aromatic rings. The summed E-state index contributed by atoms with van der Waals surface area (Å²) in [5.41, 5.74) is 5.22. The Morgan fingerprint density at radius 3 is 1.55 bits per heavy atom. The fourth-order valence-corrected chi connectivity index (χ4v) is 1.64. The molecule has 1 aromatic heterocycles. The molecule has 1 heterocycles. The molecule has 0 spiro atoms. The average Bonchev–Trinajstić information content (AvgIpc) is 2.49. The molecule has 2 aromatic carbocycles. The Kier molecular flexibility index (Phi) is 6.20. The van der Waals surface area contributed by atoms with Crippen LogP contribution in [0.15, 0.2) is 72.9 Å². The molecule has 0 aliphatic heterocycles. The molecule has 0 saturated carbocycles. The number of aromatic nitrogens is 1. The summed E-state index contributed by atoms with van der Waals surface area (Å²) in [5.74, 6) is -0.490. The number of nitrogens with zero attached hydrogens (tertiary/aromatic N) is 1. The van der Waals surface area contributed by atoms with Gasteiger partial charge in [-0.1, -0.05) is 54.6 Å². The van der Waals surface area contributed by atoms with Gasteiger partial charge in [-0.25, -0.2) is 0 Å². The van der Waals surface area contributed by atoms with Crippen LogP contribution in [0, 0.1) is 0 Å². The molecule has 0 fully saturated rings. The topological polar surface area (TPSA) is 56.0 Å². The van der Waals surface area contributed by atoms with Crippen LogP contribution in [0.1, 0.15) is 10.5 Å². The van der Waals surface area contributed by atoms with Crippen LogP contribution in [-0.4, -0.2) is 10.9 Å². The van der Waals surface area contributed by atoms with Crippen molar-refractivity contribution in [3.63, 3.8) is 0 Å². The van der Waals surface area contributed by atoms with Crippen LogP contribution in [0.25, 0.3) is 10.8 Å². The van der Waals surface area contributed by atoms with Crippen LogP contribution in [0.3, 0.4) is 0 Å². The number of primary amides is 1. The fourth-order valence-electron chi connectivity index (χ4n) is 1.64. The molecule has 3 rings (SSSR count). The van der Waals surface area contributed by atoms with Crippen LogP contribution in [0.5, 0.6) is 0 Å². The second-order valence-electron chi connectivity index (χ2n) is 3.93. The second-order valence-corrected chi connectivity index (χ2v) is 3.93. The first-order valence-corrected chi connectivity index (χ1v) is 5.92. The summed E-state index contributed by atoms with van der Waals surface area (Å²) in [6.45, 7) is 0. The zero-order valence-electron chi connectivity index (χ0n) is 10.8. The van der Waals surface area contributed by atoms with E-state index in [1.54, 1.807) is 18.2 Å². The lowest BCUT2D eigenvalue weighted by Crippen LogP contribution is -2.12. The van der Waals surface area contributed by atoms with Crippen LogP contribution in [0.4, 0.5) is 0 Å². The molecule has 0 bridgehead atoms. The predicted octanol–water partition coefficient (Wildman–Crippen LogP) is 3.44. The number of nitrogens with two attached hydrogens (primary N) is 1. The van der Waals surface area contributed by atoms with E-state index in [2.05, 4.69) is 53.5 Å². The van der Waals surface area contributed by atoms with Crippen LogP contribution < -0.4 is 5.73 Å². The zero-order valence-corrected chi connectivity index (χ0v) is 11.6. The number of amides is 1. The summed E-state index contributed by atoms with van der Waals surface area (Å²) in [4.78, 5) is 14.1. The smallest absolute Gasteiger partial charge is 0.267 e. The van der Waals surface area contributed by atoms with E-state index in [1.165, 1.54) is 17.0 Å². The van der Waals surface area contributed by atoms with Crippen molar-refractivity contribution >= 4 is 29.1 Å². The number of pyridine rings is 1. The lowest BCUT2D eigenvalue weighted by atomic mass is 10.1. The number of carbonyl (C=O) groups excluding carboxylic acids is 1. The van der Waals surface area contributed by atoms with Crippen LogP contribution in [0.2, 0.25) is 0 Å². The van der Waals surface area contributed by atoms with Crippen molar-refractivity contribution in [1.29, 1.82) is 0 Å². The quantitative estimate of drug-likeness (QED) is 0.745. The summed E-state index contributed by atoms with van der Waals surface area (Å²) in [6, 6.07) is 21.7. The van der Waals surface area contributed by atoms with Gasteiger partial charge in [-0.15, -0.1) is 12.4 Å². The van der Waals surface area contributed by atoms with Crippen molar-refractivity contribution in [3.8, 4) is 0 Å². The predicted molar refractivity (Wildman–Crippen MR) is 84.0 cm³/mol. The van der Waals surface area contributed by atoms with E-state index in [1.807, 2.05) is 0 Å². The van der Waals surface area contributed by atoms with Crippen molar-refractivity contribution in [1.82, 2.24) is 4.98 Å². The van der Waals surface area contributed by atoms with Gasteiger partial charge in [0.25, 0.3) is 5.91 Å². The molecule has 0 radical (unpaired) electrons. The van der Waals surface area contributed by atoms with Gasteiger partial charge in [0.05, 0.1) is 0 Å². The third-order valence-electron chi connectivity index (χ3n) is 2.58. The first-order chi connectivity index (χ1) is 9.27. The summed E-state index contributed by atoms with van der Waals surface area (Å²) >= 11 is 0. The molecule has 0 saturated heterocycles. The maximum Gasteiger partial charge on any atom is 0.267 e. The monoisotopic (exact) mass is 286 g/mol. The van der Waals surface area contributed by atoms with Gasteiger partial charge in [0.15, 0.2) is 0 Å². The van der Waals surface area contributed by atoms with Crippen LogP contribution >= 0.6 is 12.4 Å². The number of fused-ring (bicyclic) bond motifs is 1. The second kappa shape index (κ2) is 7.92.